The zero-order chi connectivity index (χ0) is 29.8. The quantitative estimate of drug-likeness (QED) is 0.155. The fourth-order valence-electron chi connectivity index (χ4n) is 4.68. The predicted molar refractivity (Wildman–Crippen MR) is 159 cm³/mol. The lowest BCUT2D eigenvalue weighted by molar-refractivity contribution is -0.735. The number of carbonyl (C=O) groups excluding carboxylic acids is 1. The molecular formula is C29H25ClN9O4+. The summed E-state index contributed by atoms with van der Waals surface area (Å²) in [5.74, 6) is -0.239. The smallest absolute Gasteiger partial charge is 0.348 e. The molecular weight excluding hydrogens is 574 g/mol. The summed E-state index contributed by atoms with van der Waals surface area (Å²) in [5.41, 5.74) is 4.75. The van der Waals surface area contributed by atoms with Crippen LogP contribution in [-0.2, 0) is 16.2 Å². The van der Waals surface area contributed by atoms with Gasteiger partial charge >= 0.3 is 5.69 Å². The van der Waals surface area contributed by atoms with Gasteiger partial charge < -0.3 is 10.6 Å². The van der Waals surface area contributed by atoms with Crippen molar-refractivity contribution in [2.24, 2.45) is 0 Å². The van der Waals surface area contributed by atoms with Gasteiger partial charge in [-0.05, 0) is 22.8 Å². The molecule has 3 aromatic heterocycles. The van der Waals surface area contributed by atoms with Crippen molar-refractivity contribution >= 4 is 50.9 Å². The molecule has 1 amide bonds. The maximum atomic E-state index is 12.9. The van der Waals surface area contributed by atoms with E-state index in [-0.39, 0.29) is 23.7 Å². The standard InChI is InChI=1S/C29H24ClN9O4/c1-42-39(41)21-14-13-20(27-28(21)37-43-36-27)31-15-8-16-32-22(40)17-38-29-23(25(35-38)18-9-4-2-5-10-18)24(30)26(33-34-29)19-11-6-3-7-12-19/h2-7,9-14H,8,15-17H2,1H3,(H-,31,32,37,40,41)/p+1. The second-order valence-corrected chi connectivity index (χ2v) is 9.84. The van der Waals surface area contributed by atoms with Crippen LogP contribution < -0.4 is 10.6 Å². The zero-order valence-electron chi connectivity index (χ0n) is 22.9. The number of nitrogens with zero attached hydrogens (tertiary/aromatic N) is 7. The molecule has 3 aromatic carbocycles. The molecule has 0 fully saturated rings. The Morgan fingerprint density at radius 1 is 0.930 bits per heavy atom. The first-order valence-corrected chi connectivity index (χ1v) is 13.7. The van der Waals surface area contributed by atoms with Gasteiger partial charge in [0.25, 0.3) is 4.92 Å². The van der Waals surface area contributed by atoms with Gasteiger partial charge in [0.2, 0.25) is 11.4 Å². The van der Waals surface area contributed by atoms with E-state index in [9.17, 15) is 9.70 Å². The van der Waals surface area contributed by atoms with Gasteiger partial charge in [0.05, 0.1) is 21.0 Å². The van der Waals surface area contributed by atoms with Crippen molar-refractivity contribution in [2.75, 3.05) is 25.5 Å². The molecule has 2 N–H and O–H groups in total. The second-order valence-electron chi connectivity index (χ2n) is 9.46. The summed E-state index contributed by atoms with van der Waals surface area (Å²) in [4.78, 5) is 29.8. The number of fused-ring (bicyclic) bond motifs is 2. The number of aromatic nitrogens is 6. The van der Waals surface area contributed by atoms with Crippen LogP contribution in [0.3, 0.4) is 0 Å². The summed E-state index contributed by atoms with van der Waals surface area (Å²) in [5, 5.41) is 28.4. The minimum absolute atomic E-state index is 0.0651. The molecule has 3 heterocycles. The Labute approximate surface area is 249 Å². The van der Waals surface area contributed by atoms with Crippen molar-refractivity contribution in [3.8, 4) is 22.5 Å². The van der Waals surface area contributed by atoms with E-state index >= 15 is 0 Å². The molecule has 0 atom stereocenters. The van der Waals surface area contributed by atoms with E-state index in [4.69, 9.17) is 26.2 Å². The first-order valence-electron chi connectivity index (χ1n) is 13.4. The average molecular weight is 599 g/mol. The van der Waals surface area contributed by atoms with Crippen LogP contribution in [0.25, 0.3) is 44.6 Å². The van der Waals surface area contributed by atoms with Gasteiger partial charge in [-0.1, -0.05) is 72.3 Å². The molecule has 14 heteroatoms. The summed E-state index contributed by atoms with van der Waals surface area (Å²) >= 11 is 6.91. The molecule has 0 saturated heterocycles. The van der Waals surface area contributed by atoms with Crippen LogP contribution in [0.15, 0.2) is 77.4 Å². The van der Waals surface area contributed by atoms with Crippen molar-refractivity contribution in [2.45, 2.75) is 13.0 Å². The van der Waals surface area contributed by atoms with Gasteiger partial charge in [0, 0.05) is 30.3 Å². The van der Waals surface area contributed by atoms with E-state index in [0.717, 1.165) is 11.1 Å². The Morgan fingerprint density at radius 3 is 2.35 bits per heavy atom. The molecule has 6 rings (SSSR count). The van der Waals surface area contributed by atoms with Crippen LogP contribution in [0.1, 0.15) is 6.42 Å². The minimum atomic E-state index is -0.239. The van der Waals surface area contributed by atoms with E-state index < -0.39 is 0 Å². The Kier molecular flexibility index (Phi) is 7.87. The molecule has 0 aliphatic carbocycles. The predicted octanol–water partition coefficient (Wildman–Crippen LogP) is 4.94. The highest BCUT2D eigenvalue weighted by Gasteiger charge is 2.25. The number of hydrogen-bond acceptors (Lipinski definition) is 10. The Morgan fingerprint density at radius 2 is 1.63 bits per heavy atom. The van der Waals surface area contributed by atoms with Crippen LogP contribution >= 0.6 is 11.6 Å². The topological polar surface area (TPSA) is 153 Å². The van der Waals surface area contributed by atoms with Crippen LogP contribution in [-0.4, -0.2) is 61.3 Å². The maximum Gasteiger partial charge on any atom is 0.348 e. The van der Waals surface area contributed by atoms with Crippen molar-refractivity contribution in [1.29, 1.82) is 0 Å². The third-order valence-corrected chi connectivity index (χ3v) is 7.10. The summed E-state index contributed by atoms with van der Waals surface area (Å²) in [7, 11) is 1.26. The lowest BCUT2D eigenvalue weighted by Gasteiger charge is -2.08. The van der Waals surface area contributed by atoms with Crippen LogP contribution in [0.5, 0.6) is 0 Å². The molecule has 0 radical (unpaired) electrons. The van der Waals surface area contributed by atoms with Crippen molar-refractivity contribution in [1.82, 2.24) is 35.6 Å². The molecule has 0 saturated carbocycles. The minimum Gasteiger partial charge on any atom is -0.383 e. The Bertz CT molecular complexity index is 1930. The number of rotatable bonds is 11. The molecule has 0 aliphatic rings. The van der Waals surface area contributed by atoms with E-state index in [1.807, 2.05) is 60.7 Å². The number of carbonyl (C=O) groups is 1. The van der Waals surface area contributed by atoms with E-state index in [0.29, 0.717) is 63.1 Å². The van der Waals surface area contributed by atoms with Crippen LogP contribution in [0, 0.1) is 4.91 Å². The fourth-order valence-corrected chi connectivity index (χ4v) is 5.00. The highest BCUT2D eigenvalue weighted by Crippen LogP contribution is 2.37. The van der Waals surface area contributed by atoms with Crippen LogP contribution in [0.2, 0.25) is 5.02 Å². The summed E-state index contributed by atoms with van der Waals surface area (Å²) in [6.07, 6.45) is 0.604. The van der Waals surface area contributed by atoms with Gasteiger partial charge in [-0.15, -0.1) is 10.2 Å². The third-order valence-electron chi connectivity index (χ3n) is 6.73. The van der Waals surface area contributed by atoms with E-state index in [2.05, 4.69) is 31.1 Å². The first-order chi connectivity index (χ1) is 21.0. The number of halogens is 1. The van der Waals surface area contributed by atoms with E-state index in [1.165, 1.54) is 11.8 Å². The molecule has 216 valence electrons. The highest BCUT2D eigenvalue weighted by molar-refractivity contribution is 6.38. The summed E-state index contributed by atoms with van der Waals surface area (Å²) in [6, 6.07) is 22.4. The summed E-state index contributed by atoms with van der Waals surface area (Å²) in [6.45, 7) is 0.848. The van der Waals surface area contributed by atoms with Gasteiger partial charge in [0.1, 0.15) is 17.9 Å². The third kappa shape index (κ3) is 5.57. The average Bonchev–Trinajstić information content (AvgIpc) is 3.68. The zero-order valence-corrected chi connectivity index (χ0v) is 23.7. The molecule has 0 unspecified atom stereocenters. The molecule has 0 spiro atoms. The number of anilines is 1. The van der Waals surface area contributed by atoms with Crippen molar-refractivity contribution < 1.29 is 19.2 Å². The Balaban J connectivity index is 1.14. The first kappa shape index (κ1) is 27.7. The Hall–Kier alpha value is -5.43. The molecule has 43 heavy (non-hydrogen) atoms. The molecule has 0 bridgehead atoms. The monoisotopic (exact) mass is 598 g/mol. The van der Waals surface area contributed by atoms with Crippen LogP contribution in [0.4, 0.5) is 11.4 Å². The lowest BCUT2D eigenvalue weighted by Crippen LogP contribution is -2.29. The normalized spacial score (nSPS) is 11.1. The SMILES string of the molecule is CO[N+](=O)c1ccc(NCCCNC(=O)Cn2nc(-c3ccccc3)c3c(Cl)c(-c4ccccc4)nnc32)c2nonc12. The number of nitrogens with one attached hydrogen (secondary N) is 2. The molecule has 13 nitrogen and oxygen atoms in total. The number of amides is 1. The van der Waals surface area contributed by atoms with Crippen molar-refractivity contribution in [3.05, 3.63) is 82.7 Å². The largest absolute Gasteiger partial charge is 0.383 e. The molecule has 6 aromatic rings. The number of hydrogen-bond donors (Lipinski definition) is 2. The van der Waals surface area contributed by atoms with Gasteiger partial charge in [-0.2, -0.15) is 5.10 Å². The summed E-state index contributed by atoms with van der Waals surface area (Å²) < 4.78 is 6.33. The van der Waals surface area contributed by atoms with Gasteiger partial charge in [-0.3, -0.25) is 4.79 Å². The lowest BCUT2D eigenvalue weighted by atomic mass is 10.1. The molecule has 0 aliphatic heterocycles. The van der Waals surface area contributed by atoms with E-state index in [1.54, 1.807) is 12.1 Å². The second kappa shape index (κ2) is 12.2. The number of benzene rings is 3. The maximum absolute atomic E-state index is 12.9. The highest BCUT2D eigenvalue weighted by atomic mass is 35.5. The fraction of sp³-hybridized carbons (Fsp3) is 0.172. The van der Waals surface area contributed by atoms with Gasteiger partial charge in [-0.25, -0.2) is 14.1 Å². The van der Waals surface area contributed by atoms with Crippen molar-refractivity contribution in [3.63, 3.8) is 0 Å². The van der Waals surface area contributed by atoms with Gasteiger partial charge in [0.15, 0.2) is 18.3 Å².